The van der Waals surface area contributed by atoms with Gasteiger partial charge in [-0.15, -0.1) is 11.3 Å². The summed E-state index contributed by atoms with van der Waals surface area (Å²) in [5.41, 5.74) is 2.43. The molecule has 1 fully saturated rings. The van der Waals surface area contributed by atoms with E-state index >= 15 is 0 Å². The van der Waals surface area contributed by atoms with E-state index in [1.807, 2.05) is 32.0 Å². The van der Waals surface area contributed by atoms with Gasteiger partial charge in [0.05, 0.1) is 23.4 Å². The Bertz CT molecular complexity index is 824. The van der Waals surface area contributed by atoms with Gasteiger partial charge in [-0.3, -0.25) is 9.59 Å². The third kappa shape index (κ3) is 4.51. The van der Waals surface area contributed by atoms with Crippen LogP contribution in [0.1, 0.15) is 42.1 Å². The SMILES string of the molecule is CC(Oc1ccccc1)C(=O)N[C@@H]1CN(C(=O)c2scnc2C(C)C)C[C@H]1O. The quantitative estimate of drug-likeness (QED) is 0.770. The van der Waals surface area contributed by atoms with Gasteiger partial charge in [0.2, 0.25) is 0 Å². The van der Waals surface area contributed by atoms with Crippen molar-refractivity contribution in [2.24, 2.45) is 0 Å². The molecule has 3 atom stereocenters. The number of likely N-dealkylation sites (tertiary alicyclic amines) is 1. The molecule has 1 saturated heterocycles. The van der Waals surface area contributed by atoms with Gasteiger partial charge in [-0.25, -0.2) is 4.98 Å². The largest absolute Gasteiger partial charge is 0.481 e. The molecule has 28 heavy (non-hydrogen) atoms. The molecule has 0 spiro atoms. The molecule has 0 aliphatic carbocycles. The van der Waals surface area contributed by atoms with Crippen LogP contribution in [0.5, 0.6) is 5.75 Å². The van der Waals surface area contributed by atoms with Crippen LogP contribution in [0.2, 0.25) is 0 Å². The zero-order valence-corrected chi connectivity index (χ0v) is 17.0. The minimum atomic E-state index is -0.827. The van der Waals surface area contributed by atoms with Gasteiger partial charge in [0.25, 0.3) is 11.8 Å². The molecule has 7 nitrogen and oxygen atoms in total. The maximum absolute atomic E-state index is 12.8. The number of aromatic nitrogens is 1. The summed E-state index contributed by atoms with van der Waals surface area (Å²) in [5, 5.41) is 13.1. The highest BCUT2D eigenvalue weighted by Gasteiger charge is 2.37. The number of carbonyl (C=O) groups is 2. The fourth-order valence-corrected chi connectivity index (χ4v) is 4.03. The highest BCUT2D eigenvalue weighted by molar-refractivity contribution is 7.11. The van der Waals surface area contributed by atoms with Gasteiger partial charge >= 0.3 is 0 Å². The predicted molar refractivity (Wildman–Crippen MR) is 107 cm³/mol. The summed E-state index contributed by atoms with van der Waals surface area (Å²) in [6, 6.07) is 8.54. The second-order valence-corrected chi connectivity index (χ2v) is 8.04. The first-order valence-corrected chi connectivity index (χ1v) is 10.2. The van der Waals surface area contributed by atoms with Crippen molar-refractivity contribution in [1.29, 1.82) is 0 Å². The van der Waals surface area contributed by atoms with Crippen molar-refractivity contribution in [3.63, 3.8) is 0 Å². The number of β-amino-alcohol motifs (C(OH)–C–C–N with tert-alkyl or cyclic N) is 1. The van der Waals surface area contributed by atoms with Crippen LogP contribution in [-0.4, -0.2) is 58.1 Å². The van der Waals surface area contributed by atoms with Crippen molar-refractivity contribution in [3.05, 3.63) is 46.4 Å². The van der Waals surface area contributed by atoms with E-state index in [1.165, 1.54) is 11.3 Å². The molecule has 0 saturated carbocycles. The Kier molecular flexibility index (Phi) is 6.31. The Hall–Kier alpha value is -2.45. The molecule has 150 valence electrons. The zero-order valence-electron chi connectivity index (χ0n) is 16.2. The lowest BCUT2D eigenvalue weighted by Gasteiger charge is -2.20. The van der Waals surface area contributed by atoms with Crippen LogP contribution in [0.25, 0.3) is 0 Å². The maximum Gasteiger partial charge on any atom is 0.266 e. The van der Waals surface area contributed by atoms with Crippen LogP contribution in [0.15, 0.2) is 35.8 Å². The highest BCUT2D eigenvalue weighted by atomic mass is 32.1. The second kappa shape index (κ2) is 8.70. The number of aliphatic hydroxyl groups excluding tert-OH is 1. The average Bonchev–Trinajstić information content (AvgIpc) is 3.29. The fraction of sp³-hybridized carbons (Fsp3) is 0.450. The molecule has 1 aromatic heterocycles. The number of hydrogen-bond donors (Lipinski definition) is 2. The van der Waals surface area contributed by atoms with E-state index in [4.69, 9.17) is 4.74 Å². The first-order valence-electron chi connectivity index (χ1n) is 9.29. The summed E-state index contributed by atoms with van der Waals surface area (Å²) in [4.78, 5) is 31.7. The first-order chi connectivity index (χ1) is 13.4. The molecule has 0 radical (unpaired) electrons. The number of nitrogens with zero attached hydrogens (tertiary/aromatic N) is 2. The van der Waals surface area contributed by atoms with Gasteiger partial charge in [0, 0.05) is 13.1 Å². The molecule has 2 heterocycles. The van der Waals surface area contributed by atoms with Crippen LogP contribution >= 0.6 is 11.3 Å². The van der Waals surface area contributed by atoms with Crippen molar-refractivity contribution in [3.8, 4) is 5.75 Å². The summed E-state index contributed by atoms with van der Waals surface area (Å²) in [6.45, 7) is 6.05. The van der Waals surface area contributed by atoms with Crippen LogP contribution in [-0.2, 0) is 4.79 Å². The van der Waals surface area contributed by atoms with Crippen molar-refractivity contribution in [2.75, 3.05) is 13.1 Å². The molecule has 8 heteroatoms. The van der Waals surface area contributed by atoms with Gasteiger partial charge in [-0.1, -0.05) is 32.0 Å². The molecule has 2 amide bonds. The summed E-state index contributed by atoms with van der Waals surface area (Å²) in [6.07, 6.45) is -1.54. The lowest BCUT2D eigenvalue weighted by atomic mass is 10.1. The standard InChI is InChI=1S/C20H25N3O4S/c1-12(2)17-18(28-11-21-17)20(26)23-9-15(16(24)10-23)22-19(25)13(3)27-14-7-5-4-6-8-14/h4-8,11-13,15-16,24H,9-10H2,1-3H3,(H,22,25)/t13?,15-,16-/m1/s1. The summed E-state index contributed by atoms with van der Waals surface area (Å²) >= 11 is 1.30. The molecule has 2 aromatic rings. The van der Waals surface area contributed by atoms with E-state index in [-0.39, 0.29) is 30.8 Å². The Morgan fingerprint density at radius 2 is 1.96 bits per heavy atom. The number of ether oxygens (including phenoxy) is 1. The Morgan fingerprint density at radius 1 is 1.25 bits per heavy atom. The van der Waals surface area contributed by atoms with Gasteiger partial charge in [-0.05, 0) is 25.0 Å². The lowest BCUT2D eigenvalue weighted by Crippen LogP contribution is -2.47. The van der Waals surface area contributed by atoms with E-state index in [9.17, 15) is 14.7 Å². The first kappa shape index (κ1) is 20.3. The number of carbonyl (C=O) groups excluding carboxylic acids is 2. The number of aliphatic hydroxyl groups is 1. The topological polar surface area (TPSA) is 91.8 Å². The molecular formula is C20H25N3O4S. The van der Waals surface area contributed by atoms with Gasteiger partial charge in [0.15, 0.2) is 6.10 Å². The number of thiazole rings is 1. The van der Waals surface area contributed by atoms with E-state index in [2.05, 4.69) is 10.3 Å². The van der Waals surface area contributed by atoms with E-state index in [0.29, 0.717) is 10.6 Å². The van der Waals surface area contributed by atoms with Gasteiger partial charge in [-0.2, -0.15) is 0 Å². The number of para-hydroxylation sites is 1. The molecule has 1 aliphatic rings. The van der Waals surface area contributed by atoms with Gasteiger partial charge < -0.3 is 20.1 Å². The van der Waals surface area contributed by atoms with E-state index < -0.39 is 18.2 Å². The van der Waals surface area contributed by atoms with Crippen molar-refractivity contribution < 1.29 is 19.4 Å². The highest BCUT2D eigenvalue weighted by Crippen LogP contribution is 2.25. The fourth-order valence-electron chi connectivity index (χ4n) is 3.12. The Labute approximate surface area is 168 Å². The zero-order chi connectivity index (χ0) is 20.3. The predicted octanol–water partition coefficient (Wildman–Crippen LogP) is 2.04. The van der Waals surface area contributed by atoms with E-state index in [0.717, 1.165) is 5.69 Å². The molecule has 1 unspecified atom stereocenters. The molecular weight excluding hydrogens is 378 g/mol. The van der Waals surface area contributed by atoms with E-state index in [1.54, 1.807) is 29.5 Å². The summed E-state index contributed by atoms with van der Waals surface area (Å²) in [7, 11) is 0. The lowest BCUT2D eigenvalue weighted by molar-refractivity contribution is -0.128. The van der Waals surface area contributed by atoms with Crippen LogP contribution in [0.4, 0.5) is 0 Å². The second-order valence-electron chi connectivity index (χ2n) is 7.19. The van der Waals surface area contributed by atoms with Crippen LogP contribution in [0, 0.1) is 0 Å². The minimum absolute atomic E-state index is 0.143. The molecule has 1 aromatic carbocycles. The van der Waals surface area contributed by atoms with Crippen molar-refractivity contribution in [1.82, 2.24) is 15.2 Å². The monoisotopic (exact) mass is 403 g/mol. The third-order valence-corrected chi connectivity index (χ3v) is 5.50. The molecule has 1 aliphatic heterocycles. The number of rotatable bonds is 6. The summed E-state index contributed by atoms with van der Waals surface area (Å²) in [5.74, 6) is 0.253. The number of hydrogen-bond acceptors (Lipinski definition) is 6. The third-order valence-electron chi connectivity index (χ3n) is 4.67. The van der Waals surface area contributed by atoms with Crippen LogP contribution in [0.3, 0.4) is 0 Å². The number of benzene rings is 1. The van der Waals surface area contributed by atoms with Gasteiger partial charge in [0.1, 0.15) is 10.6 Å². The molecule has 2 N–H and O–H groups in total. The molecule has 3 rings (SSSR count). The number of amides is 2. The average molecular weight is 404 g/mol. The maximum atomic E-state index is 12.8. The van der Waals surface area contributed by atoms with Crippen LogP contribution < -0.4 is 10.1 Å². The minimum Gasteiger partial charge on any atom is -0.481 e. The summed E-state index contributed by atoms with van der Waals surface area (Å²) < 4.78 is 5.62. The Balaban J connectivity index is 1.59. The smallest absolute Gasteiger partial charge is 0.266 e. The molecule has 0 bridgehead atoms. The van der Waals surface area contributed by atoms with Crippen molar-refractivity contribution in [2.45, 2.75) is 44.9 Å². The number of nitrogens with one attached hydrogen (secondary N) is 1. The normalized spacial score (nSPS) is 20.2. The Morgan fingerprint density at radius 3 is 2.64 bits per heavy atom. The van der Waals surface area contributed by atoms with Crippen molar-refractivity contribution >= 4 is 23.2 Å².